The predicted octanol–water partition coefficient (Wildman–Crippen LogP) is 3.56. The highest BCUT2D eigenvalue weighted by atomic mass is 32.1. The fourth-order valence-corrected chi connectivity index (χ4v) is 4.75. The van der Waals surface area contributed by atoms with Gasteiger partial charge in [0.1, 0.15) is 5.82 Å². The molecule has 1 aliphatic carbocycles. The number of carbonyl (C=O) groups excluding carboxylic acids is 1. The van der Waals surface area contributed by atoms with Crippen LogP contribution in [0, 0.1) is 5.82 Å². The number of nitrogens with zero attached hydrogens (tertiary/aromatic N) is 2. The van der Waals surface area contributed by atoms with E-state index >= 15 is 0 Å². The van der Waals surface area contributed by atoms with Crippen LogP contribution in [-0.2, 0) is 21.5 Å². The van der Waals surface area contributed by atoms with Crippen molar-refractivity contribution in [3.63, 3.8) is 0 Å². The second kappa shape index (κ2) is 8.04. The highest BCUT2D eigenvalue weighted by Gasteiger charge is 2.43. The van der Waals surface area contributed by atoms with Gasteiger partial charge in [-0.3, -0.25) is 9.69 Å². The first-order chi connectivity index (χ1) is 13.2. The minimum Gasteiger partial charge on any atom is -0.379 e. The van der Waals surface area contributed by atoms with E-state index in [0.29, 0.717) is 5.13 Å². The molecule has 27 heavy (non-hydrogen) atoms. The zero-order valence-corrected chi connectivity index (χ0v) is 16.1. The fourth-order valence-electron chi connectivity index (χ4n) is 4.05. The molecule has 0 unspecified atom stereocenters. The van der Waals surface area contributed by atoms with Gasteiger partial charge in [-0.25, -0.2) is 9.37 Å². The van der Waals surface area contributed by atoms with Crippen molar-refractivity contribution in [2.45, 2.75) is 37.6 Å². The van der Waals surface area contributed by atoms with E-state index in [4.69, 9.17) is 4.74 Å². The summed E-state index contributed by atoms with van der Waals surface area (Å²) in [5, 5.41) is 5.61. The number of anilines is 1. The van der Waals surface area contributed by atoms with Gasteiger partial charge >= 0.3 is 0 Å². The van der Waals surface area contributed by atoms with Crippen molar-refractivity contribution < 1.29 is 13.9 Å². The average Bonchev–Trinajstić information content (AvgIpc) is 3.33. The van der Waals surface area contributed by atoms with Crippen LogP contribution in [0.2, 0.25) is 0 Å². The molecule has 1 aromatic carbocycles. The molecule has 0 atom stereocenters. The van der Waals surface area contributed by atoms with E-state index in [-0.39, 0.29) is 11.7 Å². The lowest BCUT2D eigenvalue weighted by Crippen LogP contribution is -2.38. The number of nitrogens with one attached hydrogen (secondary N) is 1. The van der Waals surface area contributed by atoms with Gasteiger partial charge in [0, 0.05) is 25.0 Å². The molecule has 1 aromatic heterocycles. The number of rotatable bonds is 5. The zero-order chi connectivity index (χ0) is 18.7. The molecule has 1 saturated heterocycles. The van der Waals surface area contributed by atoms with Crippen LogP contribution in [0.3, 0.4) is 0 Å². The van der Waals surface area contributed by atoms with E-state index < -0.39 is 5.41 Å². The minimum atomic E-state index is -0.655. The lowest BCUT2D eigenvalue weighted by atomic mass is 9.78. The van der Waals surface area contributed by atoms with Crippen molar-refractivity contribution >= 4 is 22.4 Å². The summed E-state index contributed by atoms with van der Waals surface area (Å²) in [4.78, 5) is 20.0. The standard InChI is InChI=1S/C20H24FN3O2S/c21-16-5-3-4-15(12-16)20(6-1-2-7-20)18(25)23-19-22-17(14-27-19)13-24-8-10-26-11-9-24/h3-5,12,14H,1-2,6-11,13H2,(H,22,23,25). The summed E-state index contributed by atoms with van der Waals surface area (Å²) in [5.74, 6) is -0.369. The largest absolute Gasteiger partial charge is 0.379 e. The number of carbonyl (C=O) groups is 1. The molecule has 2 aliphatic rings. The quantitative estimate of drug-likeness (QED) is 0.850. The molecule has 1 amide bonds. The van der Waals surface area contributed by atoms with Gasteiger partial charge in [-0.15, -0.1) is 11.3 Å². The first kappa shape index (κ1) is 18.5. The molecule has 2 fully saturated rings. The third-order valence-corrected chi connectivity index (χ3v) is 6.34. The molecule has 1 saturated carbocycles. The van der Waals surface area contributed by atoms with Crippen molar-refractivity contribution in [2.24, 2.45) is 0 Å². The zero-order valence-electron chi connectivity index (χ0n) is 15.2. The van der Waals surface area contributed by atoms with Crippen LogP contribution in [0.1, 0.15) is 36.9 Å². The van der Waals surface area contributed by atoms with E-state index in [9.17, 15) is 9.18 Å². The summed E-state index contributed by atoms with van der Waals surface area (Å²) in [6.07, 6.45) is 3.44. The molecular formula is C20H24FN3O2S. The molecule has 2 heterocycles. The number of ether oxygens (including phenoxy) is 1. The van der Waals surface area contributed by atoms with E-state index in [1.807, 2.05) is 11.4 Å². The van der Waals surface area contributed by atoms with Gasteiger partial charge < -0.3 is 10.1 Å². The fraction of sp³-hybridized carbons (Fsp3) is 0.500. The third-order valence-electron chi connectivity index (χ3n) is 5.53. The van der Waals surface area contributed by atoms with Crippen LogP contribution in [0.15, 0.2) is 29.6 Å². The lowest BCUT2D eigenvalue weighted by molar-refractivity contribution is -0.121. The smallest absolute Gasteiger partial charge is 0.236 e. The van der Waals surface area contributed by atoms with Crippen molar-refractivity contribution in [3.05, 3.63) is 46.7 Å². The van der Waals surface area contributed by atoms with Crippen molar-refractivity contribution in [1.82, 2.24) is 9.88 Å². The van der Waals surface area contributed by atoms with E-state index in [1.165, 1.54) is 23.5 Å². The maximum atomic E-state index is 13.8. The minimum absolute atomic E-state index is 0.0714. The molecule has 7 heteroatoms. The molecule has 0 radical (unpaired) electrons. The van der Waals surface area contributed by atoms with Gasteiger partial charge in [-0.2, -0.15) is 0 Å². The van der Waals surface area contributed by atoms with Crippen LogP contribution >= 0.6 is 11.3 Å². The van der Waals surface area contributed by atoms with Gasteiger partial charge in [0.25, 0.3) is 0 Å². The van der Waals surface area contributed by atoms with Crippen LogP contribution < -0.4 is 5.32 Å². The summed E-state index contributed by atoms with van der Waals surface area (Å²) < 4.78 is 19.1. The lowest BCUT2D eigenvalue weighted by Gasteiger charge is -2.28. The topological polar surface area (TPSA) is 54.5 Å². The highest BCUT2D eigenvalue weighted by molar-refractivity contribution is 7.13. The number of hydrogen-bond donors (Lipinski definition) is 1. The monoisotopic (exact) mass is 389 g/mol. The Morgan fingerprint density at radius 2 is 2.07 bits per heavy atom. The Morgan fingerprint density at radius 3 is 2.81 bits per heavy atom. The summed E-state index contributed by atoms with van der Waals surface area (Å²) >= 11 is 1.45. The van der Waals surface area contributed by atoms with E-state index in [0.717, 1.165) is 69.8 Å². The molecule has 1 N–H and O–H groups in total. The predicted molar refractivity (Wildman–Crippen MR) is 103 cm³/mol. The number of halogens is 1. The Labute approximate surface area is 162 Å². The number of benzene rings is 1. The van der Waals surface area contributed by atoms with Crippen LogP contribution in [0.25, 0.3) is 0 Å². The summed E-state index contributed by atoms with van der Waals surface area (Å²) in [6, 6.07) is 6.46. The number of hydrogen-bond acceptors (Lipinski definition) is 5. The Hall–Kier alpha value is -1.83. The maximum Gasteiger partial charge on any atom is 0.236 e. The third kappa shape index (κ3) is 4.05. The summed E-state index contributed by atoms with van der Waals surface area (Å²) in [6.45, 7) is 4.09. The number of morpholine rings is 1. The van der Waals surface area contributed by atoms with Gasteiger partial charge in [0.05, 0.1) is 24.3 Å². The first-order valence-electron chi connectivity index (χ1n) is 9.48. The SMILES string of the molecule is O=C(Nc1nc(CN2CCOCC2)cs1)C1(c2cccc(F)c2)CCCC1. The van der Waals surface area contributed by atoms with Gasteiger partial charge in [0.2, 0.25) is 5.91 Å². The number of thiazole rings is 1. The molecule has 144 valence electrons. The molecule has 1 aliphatic heterocycles. The number of amides is 1. The second-order valence-electron chi connectivity index (χ2n) is 7.29. The Kier molecular flexibility index (Phi) is 5.52. The van der Waals surface area contributed by atoms with Crippen molar-refractivity contribution in [1.29, 1.82) is 0 Å². The van der Waals surface area contributed by atoms with Gasteiger partial charge in [-0.1, -0.05) is 25.0 Å². The van der Waals surface area contributed by atoms with Gasteiger partial charge in [0.15, 0.2) is 5.13 Å². The highest BCUT2D eigenvalue weighted by Crippen LogP contribution is 2.42. The maximum absolute atomic E-state index is 13.8. The second-order valence-corrected chi connectivity index (χ2v) is 8.14. The van der Waals surface area contributed by atoms with Crippen molar-refractivity contribution in [3.8, 4) is 0 Å². The van der Waals surface area contributed by atoms with Crippen molar-refractivity contribution in [2.75, 3.05) is 31.6 Å². The summed E-state index contributed by atoms with van der Waals surface area (Å²) in [5.41, 5.74) is 1.07. The molecular weight excluding hydrogens is 365 g/mol. The molecule has 0 bridgehead atoms. The molecule has 4 rings (SSSR count). The molecule has 5 nitrogen and oxygen atoms in total. The molecule has 2 aromatic rings. The van der Waals surface area contributed by atoms with Crippen LogP contribution in [0.4, 0.5) is 9.52 Å². The normalized spacial score (nSPS) is 19.9. The molecule has 0 spiro atoms. The van der Waals surface area contributed by atoms with E-state index in [2.05, 4.69) is 15.2 Å². The Morgan fingerprint density at radius 1 is 1.30 bits per heavy atom. The Balaban J connectivity index is 1.47. The van der Waals surface area contributed by atoms with Crippen LogP contribution in [-0.4, -0.2) is 42.1 Å². The Bertz CT molecular complexity index is 798. The number of aromatic nitrogens is 1. The summed E-state index contributed by atoms with van der Waals surface area (Å²) in [7, 11) is 0. The van der Waals surface area contributed by atoms with E-state index in [1.54, 1.807) is 6.07 Å². The first-order valence-corrected chi connectivity index (χ1v) is 10.4. The van der Waals surface area contributed by atoms with Gasteiger partial charge in [-0.05, 0) is 30.5 Å². The van der Waals surface area contributed by atoms with Crippen LogP contribution in [0.5, 0.6) is 0 Å². The average molecular weight is 389 g/mol.